The minimum Gasteiger partial charge on any atom is -0.493 e. The fourth-order valence-corrected chi connectivity index (χ4v) is 1.92. The SMILES string of the molecule is COc1ccc(CCNCCNC(C)(C)C)cc1OC. The molecule has 4 nitrogen and oxygen atoms in total. The number of hydrogen-bond donors (Lipinski definition) is 2. The van der Waals surface area contributed by atoms with Crippen LogP contribution in [-0.4, -0.2) is 39.4 Å². The van der Waals surface area contributed by atoms with Crippen LogP contribution in [0.15, 0.2) is 18.2 Å². The summed E-state index contributed by atoms with van der Waals surface area (Å²) in [5.74, 6) is 1.57. The topological polar surface area (TPSA) is 42.5 Å². The fraction of sp³-hybridized carbons (Fsp3) is 0.625. The van der Waals surface area contributed by atoms with Gasteiger partial charge in [-0.1, -0.05) is 6.07 Å². The highest BCUT2D eigenvalue weighted by Gasteiger charge is 2.07. The predicted molar refractivity (Wildman–Crippen MR) is 83.9 cm³/mol. The van der Waals surface area contributed by atoms with E-state index in [4.69, 9.17) is 9.47 Å². The van der Waals surface area contributed by atoms with Gasteiger partial charge in [-0.3, -0.25) is 0 Å². The zero-order chi connectivity index (χ0) is 15.0. The Morgan fingerprint density at radius 3 is 2.25 bits per heavy atom. The maximum Gasteiger partial charge on any atom is 0.160 e. The summed E-state index contributed by atoms with van der Waals surface area (Å²) in [6.07, 6.45) is 0.982. The summed E-state index contributed by atoms with van der Waals surface area (Å²) >= 11 is 0. The van der Waals surface area contributed by atoms with Crippen LogP contribution in [0.3, 0.4) is 0 Å². The summed E-state index contributed by atoms with van der Waals surface area (Å²) < 4.78 is 10.5. The minimum absolute atomic E-state index is 0.186. The molecule has 0 saturated carbocycles. The highest BCUT2D eigenvalue weighted by atomic mass is 16.5. The van der Waals surface area contributed by atoms with Crippen molar-refractivity contribution in [2.75, 3.05) is 33.9 Å². The molecule has 4 heteroatoms. The number of hydrogen-bond acceptors (Lipinski definition) is 4. The Hall–Kier alpha value is -1.26. The monoisotopic (exact) mass is 280 g/mol. The molecule has 2 N–H and O–H groups in total. The van der Waals surface area contributed by atoms with Crippen LogP contribution in [0.5, 0.6) is 11.5 Å². The summed E-state index contributed by atoms with van der Waals surface area (Å²) in [5.41, 5.74) is 1.43. The van der Waals surface area contributed by atoms with Gasteiger partial charge < -0.3 is 20.1 Å². The van der Waals surface area contributed by atoms with Crippen LogP contribution in [0, 0.1) is 0 Å². The van der Waals surface area contributed by atoms with E-state index in [0.717, 1.165) is 37.6 Å². The van der Waals surface area contributed by atoms with Crippen molar-refractivity contribution in [2.45, 2.75) is 32.7 Å². The molecule has 20 heavy (non-hydrogen) atoms. The van der Waals surface area contributed by atoms with Gasteiger partial charge in [-0.25, -0.2) is 0 Å². The van der Waals surface area contributed by atoms with Gasteiger partial charge in [0.15, 0.2) is 11.5 Å². The molecule has 0 heterocycles. The molecular formula is C16H28N2O2. The lowest BCUT2D eigenvalue weighted by atomic mass is 10.1. The largest absolute Gasteiger partial charge is 0.493 e. The van der Waals surface area contributed by atoms with E-state index in [2.05, 4.69) is 37.5 Å². The third-order valence-electron chi connectivity index (χ3n) is 3.00. The second-order valence-corrected chi connectivity index (χ2v) is 5.87. The highest BCUT2D eigenvalue weighted by molar-refractivity contribution is 5.42. The summed E-state index contributed by atoms with van der Waals surface area (Å²) in [4.78, 5) is 0. The van der Waals surface area contributed by atoms with Crippen molar-refractivity contribution >= 4 is 0 Å². The number of ether oxygens (including phenoxy) is 2. The van der Waals surface area contributed by atoms with Gasteiger partial charge in [0, 0.05) is 18.6 Å². The van der Waals surface area contributed by atoms with E-state index in [1.54, 1.807) is 14.2 Å². The first-order valence-corrected chi connectivity index (χ1v) is 7.13. The fourth-order valence-electron chi connectivity index (χ4n) is 1.92. The first-order chi connectivity index (χ1) is 9.46. The second kappa shape index (κ2) is 8.12. The Bertz CT molecular complexity index is 400. The van der Waals surface area contributed by atoms with E-state index in [0.29, 0.717) is 0 Å². The van der Waals surface area contributed by atoms with Crippen LogP contribution in [-0.2, 0) is 6.42 Å². The molecule has 0 aliphatic heterocycles. The van der Waals surface area contributed by atoms with E-state index in [1.165, 1.54) is 5.56 Å². The van der Waals surface area contributed by atoms with Crippen molar-refractivity contribution in [2.24, 2.45) is 0 Å². The lowest BCUT2D eigenvalue weighted by Crippen LogP contribution is -2.40. The molecule has 1 aromatic rings. The highest BCUT2D eigenvalue weighted by Crippen LogP contribution is 2.27. The van der Waals surface area contributed by atoms with Crippen LogP contribution < -0.4 is 20.1 Å². The lowest BCUT2D eigenvalue weighted by molar-refractivity contribution is 0.354. The summed E-state index contributed by atoms with van der Waals surface area (Å²) in [6, 6.07) is 6.07. The standard InChI is InChI=1S/C16H28N2O2/c1-16(2,3)18-11-10-17-9-8-13-6-7-14(19-4)15(12-13)20-5/h6-7,12,17-18H,8-11H2,1-5H3. The van der Waals surface area contributed by atoms with Gasteiger partial charge in [0.05, 0.1) is 14.2 Å². The van der Waals surface area contributed by atoms with E-state index in [9.17, 15) is 0 Å². The molecule has 0 aliphatic carbocycles. The Morgan fingerprint density at radius 1 is 0.950 bits per heavy atom. The van der Waals surface area contributed by atoms with Crippen LogP contribution in [0.2, 0.25) is 0 Å². The van der Waals surface area contributed by atoms with Crippen molar-refractivity contribution in [1.82, 2.24) is 10.6 Å². The maximum atomic E-state index is 5.30. The Balaban J connectivity index is 2.28. The van der Waals surface area contributed by atoms with Crippen molar-refractivity contribution in [3.8, 4) is 11.5 Å². The van der Waals surface area contributed by atoms with Crippen LogP contribution >= 0.6 is 0 Å². The van der Waals surface area contributed by atoms with Gasteiger partial charge in [-0.2, -0.15) is 0 Å². The van der Waals surface area contributed by atoms with Gasteiger partial charge in [-0.05, 0) is 51.4 Å². The molecule has 1 aromatic carbocycles. The van der Waals surface area contributed by atoms with Crippen LogP contribution in [0.4, 0.5) is 0 Å². The molecule has 114 valence electrons. The molecule has 0 amide bonds. The van der Waals surface area contributed by atoms with Gasteiger partial charge in [0.1, 0.15) is 0 Å². The van der Waals surface area contributed by atoms with E-state index < -0.39 is 0 Å². The maximum absolute atomic E-state index is 5.30. The third kappa shape index (κ3) is 6.26. The summed E-state index contributed by atoms with van der Waals surface area (Å²) in [5, 5.41) is 6.89. The van der Waals surface area contributed by atoms with Gasteiger partial charge in [0.25, 0.3) is 0 Å². The van der Waals surface area contributed by atoms with E-state index in [-0.39, 0.29) is 5.54 Å². The molecule has 1 rings (SSSR count). The number of nitrogens with one attached hydrogen (secondary N) is 2. The van der Waals surface area contributed by atoms with Gasteiger partial charge in [0.2, 0.25) is 0 Å². The Kier molecular flexibility index (Phi) is 6.82. The first kappa shape index (κ1) is 16.8. The average molecular weight is 280 g/mol. The van der Waals surface area contributed by atoms with Crippen LogP contribution in [0.1, 0.15) is 26.3 Å². The van der Waals surface area contributed by atoms with Crippen molar-refractivity contribution in [3.63, 3.8) is 0 Å². The molecular weight excluding hydrogens is 252 g/mol. The predicted octanol–water partition coefficient (Wildman–Crippen LogP) is 2.22. The summed E-state index contributed by atoms with van der Waals surface area (Å²) in [7, 11) is 3.32. The lowest BCUT2D eigenvalue weighted by Gasteiger charge is -2.20. The molecule has 0 bridgehead atoms. The van der Waals surface area contributed by atoms with Crippen molar-refractivity contribution in [3.05, 3.63) is 23.8 Å². The second-order valence-electron chi connectivity index (χ2n) is 5.87. The Morgan fingerprint density at radius 2 is 1.65 bits per heavy atom. The molecule has 0 unspecified atom stereocenters. The molecule has 0 atom stereocenters. The number of rotatable bonds is 8. The van der Waals surface area contributed by atoms with Gasteiger partial charge >= 0.3 is 0 Å². The quantitative estimate of drug-likeness (QED) is 0.717. The normalized spacial score (nSPS) is 11.4. The van der Waals surface area contributed by atoms with Crippen molar-refractivity contribution < 1.29 is 9.47 Å². The summed E-state index contributed by atoms with van der Waals surface area (Å²) in [6.45, 7) is 9.45. The molecule has 0 spiro atoms. The molecule has 0 aromatic heterocycles. The number of benzene rings is 1. The minimum atomic E-state index is 0.186. The smallest absolute Gasteiger partial charge is 0.160 e. The average Bonchev–Trinajstić information content (AvgIpc) is 2.41. The van der Waals surface area contributed by atoms with Gasteiger partial charge in [-0.15, -0.1) is 0 Å². The van der Waals surface area contributed by atoms with Crippen LogP contribution in [0.25, 0.3) is 0 Å². The molecule has 0 fully saturated rings. The Labute approximate surface area is 122 Å². The zero-order valence-corrected chi connectivity index (χ0v) is 13.4. The van der Waals surface area contributed by atoms with E-state index >= 15 is 0 Å². The first-order valence-electron chi connectivity index (χ1n) is 7.13. The molecule has 0 radical (unpaired) electrons. The molecule has 0 aliphatic rings. The molecule has 0 saturated heterocycles. The van der Waals surface area contributed by atoms with Crippen molar-refractivity contribution in [1.29, 1.82) is 0 Å². The zero-order valence-electron chi connectivity index (χ0n) is 13.4. The van der Waals surface area contributed by atoms with E-state index in [1.807, 2.05) is 12.1 Å². The number of methoxy groups -OCH3 is 2. The third-order valence-corrected chi connectivity index (χ3v) is 3.00.